The van der Waals surface area contributed by atoms with E-state index in [2.05, 4.69) is 16.4 Å². The third kappa shape index (κ3) is 3.17. The molecule has 1 amide bonds. The number of rotatable bonds is 3. The molecule has 0 saturated carbocycles. The summed E-state index contributed by atoms with van der Waals surface area (Å²) in [5.41, 5.74) is 5.07. The number of para-hydroxylation sites is 1. The minimum Gasteiger partial charge on any atom is -0.317 e. The van der Waals surface area contributed by atoms with Crippen molar-refractivity contribution in [1.29, 1.82) is 0 Å². The first-order valence-corrected chi connectivity index (χ1v) is 8.45. The number of nitrogens with zero attached hydrogens (tertiary/aromatic N) is 1. The highest BCUT2D eigenvalue weighted by Gasteiger charge is 2.14. The Morgan fingerprint density at radius 1 is 1.00 bits per heavy atom. The minimum absolute atomic E-state index is 0.155. The zero-order valence-corrected chi connectivity index (χ0v) is 14.4. The van der Waals surface area contributed by atoms with Crippen molar-refractivity contribution in [3.8, 4) is 11.3 Å². The molecule has 0 fully saturated rings. The molecule has 0 aliphatic heterocycles. The van der Waals surface area contributed by atoms with Gasteiger partial charge in [-0.25, -0.2) is 9.97 Å². The summed E-state index contributed by atoms with van der Waals surface area (Å²) in [5, 5.41) is 3.78. The van der Waals surface area contributed by atoms with E-state index in [1.807, 2.05) is 67.6 Å². The number of nitrogens with one attached hydrogen (secondary N) is 2. The van der Waals surface area contributed by atoms with Crippen LogP contribution in [0.3, 0.4) is 0 Å². The molecule has 4 aromatic rings. The summed E-state index contributed by atoms with van der Waals surface area (Å²) in [7, 11) is 0. The van der Waals surface area contributed by atoms with Crippen LogP contribution in [-0.2, 0) is 0 Å². The fourth-order valence-electron chi connectivity index (χ4n) is 2.99. The lowest BCUT2D eigenvalue weighted by molar-refractivity contribution is -0.377. The van der Waals surface area contributed by atoms with Crippen molar-refractivity contribution in [2.24, 2.45) is 0 Å². The van der Waals surface area contributed by atoms with Crippen molar-refractivity contribution in [2.45, 2.75) is 6.92 Å². The van der Waals surface area contributed by atoms with Gasteiger partial charge in [0, 0.05) is 17.0 Å². The molecule has 2 heterocycles. The first-order valence-electron chi connectivity index (χ1n) is 8.45. The molecule has 0 aliphatic carbocycles. The largest absolute Gasteiger partial charge is 0.317 e. The number of aromatic amines is 1. The molecule has 0 unspecified atom stereocenters. The predicted octanol–water partition coefficient (Wildman–Crippen LogP) is 4.28. The van der Waals surface area contributed by atoms with Crippen LogP contribution in [0.4, 0.5) is 5.69 Å². The Morgan fingerprint density at radius 2 is 1.88 bits per heavy atom. The molecule has 0 spiro atoms. The fourth-order valence-corrected chi connectivity index (χ4v) is 2.99. The summed E-state index contributed by atoms with van der Waals surface area (Å²) in [6.07, 6.45) is 3.55. The molecule has 4 heteroatoms. The van der Waals surface area contributed by atoms with Gasteiger partial charge in [-0.1, -0.05) is 42.0 Å². The Hall–Kier alpha value is -3.53. The fraction of sp³-hybridized carbons (Fsp3) is 0.0455. The van der Waals surface area contributed by atoms with Gasteiger partial charge in [0.25, 0.3) is 5.91 Å². The average Bonchev–Trinajstić information content (AvgIpc) is 2.68. The van der Waals surface area contributed by atoms with Gasteiger partial charge in [0.1, 0.15) is 5.69 Å². The second kappa shape index (κ2) is 6.76. The second-order valence-electron chi connectivity index (χ2n) is 6.19. The Bertz CT molecular complexity index is 1090. The number of H-pyrrole nitrogens is 1. The second-order valence-corrected chi connectivity index (χ2v) is 6.19. The van der Waals surface area contributed by atoms with Crippen LogP contribution in [0.25, 0.3) is 22.2 Å². The molecule has 4 nitrogen and oxygen atoms in total. The lowest BCUT2D eigenvalue weighted by atomic mass is 10.0. The summed E-state index contributed by atoms with van der Waals surface area (Å²) in [4.78, 5) is 20.6. The summed E-state index contributed by atoms with van der Waals surface area (Å²) in [6.45, 7) is 2.05. The summed E-state index contributed by atoms with van der Waals surface area (Å²) < 4.78 is 0. The van der Waals surface area contributed by atoms with Gasteiger partial charge < -0.3 is 5.32 Å². The molecule has 0 bridgehead atoms. The van der Waals surface area contributed by atoms with Gasteiger partial charge in [0.15, 0.2) is 12.4 Å². The number of amides is 1. The summed E-state index contributed by atoms with van der Waals surface area (Å²) >= 11 is 0. The maximum Gasteiger partial charge on any atom is 0.256 e. The van der Waals surface area contributed by atoms with Crippen LogP contribution in [0, 0.1) is 6.92 Å². The number of hydrogen-bond acceptors (Lipinski definition) is 2. The van der Waals surface area contributed by atoms with Gasteiger partial charge in [-0.2, -0.15) is 0 Å². The van der Waals surface area contributed by atoms with Gasteiger partial charge >= 0.3 is 0 Å². The van der Waals surface area contributed by atoms with Crippen LogP contribution >= 0.6 is 0 Å². The number of aromatic nitrogens is 2. The molecule has 2 aromatic heterocycles. The van der Waals surface area contributed by atoms with Crippen LogP contribution in [0.15, 0.2) is 79.1 Å². The lowest BCUT2D eigenvalue weighted by Crippen LogP contribution is -2.14. The van der Waals surface area contributed by atoms with Crippen molar-refractivity contribution in [2.75, 3.05) is 5.32 Å². The Balaban J connectivity index is 1.83. The van der Waals surface area contributed by atoms with E-state index < -0.39 is 0 Å². The van der Waals surface area contributed by atoms with E-state index in [0.29, 0.717) is 5.56 Å². The number of anilines is 1. The minimum atomic E-state index is -0.155. The van der Waals surface area contributed by atoms with E-state index in [9.17, 15) is 4.79 Å². The van der Waals surface area contributed by atoms with Gasteiger partial charge in [-0.05, 0) is 31.2 Å². The zero-order valence-electron chi connectivity index (χ0n) is 14.4. The molecule has 2 N–H and O–H groups in total. The number of fused-ring (bicyclic) bond motifs is 1. The van der Waals surface area contributed by atoms with Crippen molar-refractivity contribution >= 4 is 22.5 Å². The van der Waals surface area contributed by atoms with Gasteiger partial charge in [0.2, 0.25) is 0 Å². The maximum atomic E-state index is 12.9. The normalized spacial score (nSPS) is 10.7. The molecular formula is C22H18N3O+. The molecule has 26 heavy (non-hydrogen) atoms. The average molecular weight is 340 g/mol. The molecule has 2 aromatic carbocycles. The molecule has 0 radical (unpaired) electrons. The van der Waals surface area contributed by atoms with Crippen molar-refractivity contribution in [1.82, 2.24) is 4.98 Å². The van der Waals surface area contributed by atoms with Gasteiger partial charge in [-0.15, -0.1) is 0 Å². The van der Waals surface area contributed by atoms with Crippen molar-refractivity contribution < 1.29 is 9.78 Å². The van der Waals surface area contributed by atoms with Crippen molar-refractivity contribution in [3.63, 3.8) is 0 Å². The molecule has 0 aliphatic rings. The SMILES string of the molecule is Cc1cccc(-c2cc(C(=O)Nc3ccc[nH+]c3)c3ccccc3n2)c1. The van der Waals surface area contributed by atoms with Gasteiger partial charge in [-0.3, -0.25) is 4.79 Å². The first kappa shape index (κ1) is 16.0. The predicted molar refractivity (Wildman–Crippen MR) is 103 cm³/mol. The number of benzene rings is 2. The van der Waals surface area contributed by atoms with E-state index in [1.165, 1.54) is 0 Å². The first-order chi connectivity index (χ1) is 12.7. The topological polar surface area (TPSA) is 56.1 Å². The van der Waals surface area contributed by atoms with E-state index >= 15 is 0 Å². The number of carbonyl (C=O) groups is 1. The molecule has 126 valence electrons. The molecule has 0 saturated heterocycles. The third-order valence-electron chi connectivity index (χ3n) is 4.24. The van der Waals surface area contributed by atoms with E-state index in [4.69, 9.17) is 4.98 Å². The monoisotopic (exact) mass is 340 g/mol. The van der Waals surface area contributed by atoms with Gasteiger partial charge in [0.05, 0.1) is 16.8 Å². The van der Waals surface area contributed by atoms with Crippen LogP contribution in [0.2, 0.25) is 0 Å². The highest BCUT2D eigenvalue weighted by molar-refractivity contribution is 6.13. The van der Waals surface area contributed by atoms with Crippen LogP contribution in [0.5, 0.6) is 0 Å². The van der Waals surface area contributed by atoms with Crippen LogP contribution in [-0.4, -0.2) is 10.9 Å². The standard InChI is InChI=1S/C22H17N3O/c1-15-6-4-7-16(12-15)21-13-19(18-9-2-3-10-20(18)25-21)22(26)24-17-8-5-11-23-14-17/h2-14H,1H3,(H,24,26)/p+1. The quantitative estimate of drug-likeness (QED) is 0.605. The maximum absolute atomic E-state index is 12.9. The summed E-state index contributed by atoms with van der Waals surface area (Å²) in [5.74, 6) is -0.155. The smallest absolute Gasteiger partial charge is 0.256 e. The van der Waals surface area contributed by atoms with Crippen molar-refractivity contribution in [3.05, 3.63) is 90.3 Å². The van der Waals surface area contributed by atoms with E-state index in [1.54, 1.807) is 12.4 Å². The number of carbonyl (C=O) groups excluding carboxylic acids is 1. The number of aryl methyl sites for hydroxylation is 1. The lowest BCUT2D eigenvalue weighted by Gasteiger charge is -2.10. The Morgan fingerprint density at radius 3 is 2.69 bits per heavy atom. The Labute approximate surface area is 151 Å². The highest BCUT2D eigenvalue weighted by Crippen LogP contribution is 2.26. The van der Waals surface area contributed by atoms with Crippen LogP contribution < -0.4 is 10.3 Å². The molecular weight excluding hydrogens is 322 g/mol. The van der Waals surface area contributed by atoms with E-state index in [0.717, 1.165) is 33.4 Å². The number of hydrogen-bond donors (Lipinski definition) is 1. The third-order valence-corrected chi connectivity index (χ3v) is 4.24. The summed E-state index contributed by atoms with van der Waals surface area (Å²) in [6, 6.07) is 21.4. The molecule has 4 rings (SSSR count). The van der Waals surface area contributed by atoms with Crippen LogP contribution in [0.1, 0.15) is 15.9 Å². The van der Waals surface area contributed by atoms with E-state index in [-0.39, 0.29) is 5.91 Å². The molecule has 0 atom stereocenters. The number of pyridine rings is 2. The highest BCUT2D eigenvalue weighted by atomic mass is 16.1. The Kier molecular flexibility index (Phi) is 4.15. The zero-order chi connectivity index (χ0) is 17.9.